The van der Waals surface area contributed by atoms with Crippen molar-refractivity contribution in [2.24, 2.45) is 0 Å². The molecule has 0 saturated heterocycles. The number of para-hydroxylation sites is 3. The normalized spacial score (nSPS) is 14.3. The van der Waals surface area contributed by atoms with Crippen LogP contribution in [0.5, 0.6) is 0 Å². The minimum atomic E-state index is -0.0961. The van der Waals surface area contributed by atoms with Crippen molar-refractivity contribution >= 4 is 76.2 Å². The molecular formula is C95H67N5. The molecule has 18 aromatic rings. The van der Waals surface area contributed by atoms with Gasteiger partial charge in [0.1, 0.15) is 5.82 Å². The van der Waals surface area contributed by atoms with Crippen LogP contribution in [0.4, 0.5) is 0 Å². The summed E-state index contributed by atoms with van der Waals surface area (Å²) in [4.78, 5) is 11.8. The fourth-order valence-corrected chi connectivity index (χ4v) is 18.3. The van der Waals surface area contributed by atoms with Crippen LogP contribution in [0, 0.1) is 0 Å². The third-order valence-corrected chi connectivity index (χ3v) is 23.3. The van der Waals surface area contributed by atoms with Crippen molar-refractivity contribution in [2.75, 3.05) is 0 Å². The van der Waals surface area contributed by atoms with E-state index in [9.17, 15) is 0 Å². The second-order valence-corrected chi connectivity index (χ2v) is 29.6. The topological polar surface area (TPSA) is 40.6 Å². The molecule has 5 heteroatoms. The fraction of sp³-hybridized carbons (Fsp3) is 0.0947. The summed E-state index contributed by atoms with van der Waals surface area (Å²) in [6.45, 7) is 14.1. The molecule has 0 atom stereocenters. The number of hydrogen-bond acceptors (Lipinski definition) is 2. The summed E-state index contributed by atoms with van der Waals surface area (Å²) in [7, 11) is 0. The maximum absolute atomic E-state index is 5.91. The van der Waals surface area contributed by atoms with Crippen molar-refractivity contribution in [3.8, 4) is 95.5 Å². The van der Waals surface area contributed by atoms with Crippen LogP contribution in [0.2, 0.25) is 0 Å². The van der Waals surface area contributed by atoms with Crippen LogP contribution in [0.25, 0.3) is 172 Å². The molecule has 4 heterocycles. The Bertz CT molecular complexity index is 6390. The van der Waals surface area contributed by atoms with Crippen LogP contribution in [0.1, 0.15) is 74.9 Å². The molecule has 5 nitrogen and oxygen atoms in total. The fourth-order valence-electron chi connectivity index (χ4n) is 18.3. The molecular weight excluding hydrogens is 1210 g/mol. The quantitative estimate of drug-likeness (QED) is 0.160. The molecule has 0 bridgehead atoms. The Labute approximate surface area is 580 Å². The number of benzene rings is 14. The van der Waals surface area contributed by atoms with Gasteiger partial charge in [0.25, 0.3) is 0 Å². The van der Waals surface area contributed by atoms with E-state index in [0.717, 1.165) is 99.3 Å². The number of aromatic nitrogens is 5. The highest BCUT2D eigenvalue weighted by Crippen LogP contribution is 2.54. The Morgan fingerprint density at radius 2 is 0.550 bits per heavy atom. The van der Waals surface area contributed by atoms with E-state index in [-0.39, 0.29) is 16.2 Å². The molecule has 4 aromatic heterocycles. The zero-order valence-corrected chi connectivity index (χ0v) is 56.5. The van der Waals surface area contributed by atoms with Gasteiger partial charge in [-0.1, -0.05) is 272 Å². The third-order valence-electron chi connectivity index (χ3n) is 23.3. The first-order valence-corrected chi connectivity index (χ1v) is 35.1. The van der Waals surface area contributed by atoms with Crippen LogP contribution in [0.3, 0.4) is 0 Å². The van der Waals surface area contributed by atoms with Gasteiger partial charge in [-0.2, -0.15) is 4.98 Å². The van der Waals surface area contributed by atoms with Crippen molar-refractivity contribution in [3.05, 3.63) is 331 Å². The van der Waals surface area contributed by atoms with Gasteiger partial charge in [-0.15, -0.1) is 0 Å². The monoisotopic (exact) mass is 1280 g/mol. The predicted molar refractivity (Wildman–Crippen MR) is 417 cm³/mol. The standard InChI is InChI=1S/C95H67N5/c1-93(2)77-29-15-9-22-63(77)74-49-56(38-45-80(74)93)59-35-41-71-68-26-12-18-32-84(68)98(88(71)52-59)87-48-44-66(62-21-7-8-25-67(62)87)83-55-91(99-85-33-19-13-27-69(85)72-42-36-60(53-89(72)99)57-39-46-81-75(50-57)64-23-10-16-30-78(64)94(81,3)4)97-92(96-83)100-86-34-20-14-28-70(86)73-43-37-61(54-90(73)100)58-40-47-82-76(51-58)65-24-11-17-31-79(65)95(82,5)6/h7-55H,1-6H3. The molecule has 0 unspecified atom stereocenters. The second-order valence-electron chi connectivity index (χ2n) is 29.6. The molecule has 3 aliphatic carbocycles. The van der Waals surface area contributed by atoms with Gasteiger partial charge in [-0.05, 0) is 166 Å². The number of rotatable bonds is 7. The smallest absolute Gasteiger partial charge is 0.237 e. The van der Waals surface area contributed by atoms with Gasteiger partial charge in [-0.3, -0.25) is 9.13 Å². The van der Waals surface area contributed by atoms with Gasteiger partial charge in [-0.25, -0.2) is 4.98 Å². The average molecular weight is 1280 g/mol. The Kier molecular flexibility index (Phi) is 11.6. The SMILES string of the molecule is CC1(C)c2ccccc2-c2cc(-c3ccc4c5ccccc5n(-c5cc(-c6ccc(-n7c8ccccc8c8ccc(-c9ccc%10c(c9)-c9ccccc9C%10(C)C)cc87)c7ccccc67)nc(-n6c7ccccc7c7ccc(-c8ccc9c(c8)-c8ccccc8C9(C)C)cc76)n5)c4c3)ccc21. The molecule has 0 radical (unpaired) electrons. The van der Waals surface area contributed by atoms with Crippen molar-refractivity contribution in [1.82, 2.24) is 23.7 Å². The predicted octanol–water partition coefficient (Wildman–Crippen LogP) is 24.5. The maximum atomic E-state index is 5.91. The van der Waals surface area contributed by atoms with Gasteiger partial charge in [0.05, 0.1) is 44.5 Å². The number of hydrogen-bond donors (Lipinski definition) is 0. The van der Waals surface area contributed by atoms with Crippen molar-refractivity contribution < 1.29 is 0 Å². The summed E-state index contributed by atoms with van der Waals surface area (Å²) in [5.41, 5.74) is 32.3. The lowest BCUT2D eigenvalue weighted by molar-refractivity contribution is 0.660. The molecule has 0 amide bonds. The summed E-state index contributed by atoms with van der Waals surface area (Å²) in [6.07, 6.45) is 0. The summed E-state index contributed by atoms with van der Waals surface area (Å²) in [6, 6.07) is 111. The van der Waals surface area contributed by atoms with Gasteiger partial charge >= 0.3 is 0 Å². The summed E-state index contributed by atoms with van der Waals surface area (Å²) < 4.78 is 7.21. The van der Waals surface area contributed by atoms with Crippen LogP contribution in [-0.2, 0) is 16.2 Å². The minimum absolute atomic E-state index is 0.0710. The Balaban J connectivity index is 0.788. The van der Waals surface area contributed by atoms with E-state index >= 15 is 0 Å². The minimum Gasteiger partial charge on any atom is -0.309 e. The zero-order chi connectivity index (χ0) is 66.7. The molecule has 0 aliphatic heterocycles. The first kappa shape index (κ1) is 56.9. The van der Waals surface area contributed by atoms with E-state index in [1.165, 1.54) is 99.8 Å². The highest BCUT2D eigenvalue weighted by molar-refractivity contribution is 6.14. The average Bonchev–Trinajstić information content (AvgIpc) is 1.55. The van der Waals surface area contributed by atoms with Gasteiger partial charge in [0.2, 0.25) is 5.95 Å². The van der Waals surface area contributed by atoms with Gasteiger partial charge in [0.15, 0.2) is 0 Å². The third kappa shape index (κ3) is 7.89. The molecule has 100 heavy (non-hydrogen) atoms. The number of fused-ring (bicyclic) bond motifs is 19. The van der Waals surface area contributed by atoms with E-state index in [0.29, 0.717) is 5.95 Å². The summed E-state index contributed by atoms with van der Waals surface area (Å²) in [5.74, 6) is 1.36. The summed E-state index contributed by atoms with van der Waals surface area (Å²) >= 11 is 0. The molecule has 0 saturated carbocycles. The molecule has 21 rings (SSSR count). The lowest BCUT2D eigenvalue weighted by atomic mass is 9.82. The van der Waals surface area contributed by atoms with Crippen molar-refractivity contribution in [1.29, 1.82) is 0 Å². The maximum Gasteiger partial charge on any atom is 0.237 e. The van der Waals surface area contributed by atoms with Crippen molar-refractivity contribution in [2.45, 2.75) is 57.8 Å². The lowest BCUT2D eigenvalue weighted by Gasteiger charge is -2.21. The van der Waals surface area contributed by atoms with Crippen LogP contribution in [0.15, 0.2) is 297 Å². The zero-order valence-electron chi connectivity index (χ0n) is 56.5. The van der Waals surface area contributed by atoms with E-state index in [4.69, 9.17) is 9.97 Å². The second kappa shape index (κ2) is 20.5. The molecule has 3 aliphatic rings. The van der Waals surface area contributed by atoms with E-state index in [1.54, 1.807) is 0 Å². The number of nitrogens with zero attached hydrogens (tertiary/aromatic N) is 5. The molecule has 0 N–H and O–H groups in total. The molecule has 0 spiro atoms. The van der Waals surface area contributed by atoms with Crippen LogP contribution in [-0.4, -0.2) is 23.7 Å². The summed E-state index contributed by atoms with van der Waals surface area (Å²) in [5, 5.41) is 9.23. The Morgan fingerprint density at radius 3 is 1.01 bits per heavy atom. The first-order chi connectivity index (χ1) is 48.8. The first-order valence-electron chi connectivity index (χ1n) is 35.1. The van der Waals surface area contributed by atoms with E-state index < -0.39 is 0 Å². The van der Waals surface area contributed by atoms with Crippen LogP contribution < -0.4 is 0 Å². The Morgan fingerprint density at radius 1 is 0.220 bits per heavy atom. The highest BCUT2D eigenvalue weighted by Gasteiger charge is 2.38. The van der Waals surface area contributed by atoms with Gasteiger partial charge in [0, 0.05) is 65.6 Å². The largest absolute Gasteiger partial charge is 0.309 e. The lowest BCUT2D eigenvalue weighted by Crippen LogP contribution is -2.14. The molecule has 0 fully saturated rings. The van der Waals surface area contributed by atoms with Crippen molar-refractivity contribution in [3.63, 3.8) is 0 Å². The van der Waals surface area contributed by atoms with Gasteiger partial charge < -0.3 is 4.57 Å². The van der Waals surface area contributed by atoms with E-state index in [2.05, 4.69) is 352 Å². The van der Waals surface area contributed by atoms with E-state index in [1.807, 2.05) is 0 Å². The molecule has 14 aromatic carbocycles. The highest BCUT2D eigenvalue weighted by atomic mass is 15.2. The van der Waals surface area contributed by atoms with Crippen LogP contribution >= 0.6 is 0 Å². The Hall–Kier alpha value is -12.2. The molecule has 472 valence electrons.